The smallest absolute Gasteiger partial charge is 0.307 e. The predicted octanol–water partition coefficient (Wildman–Crippen LogP) is 3.39. The third kappa shape index (κ3) is 6.15. The van der Waals surface area contributed by atoms with Crippen LogP contribution < -0.4 is 4.72 Å². The SMILES string of the molecule is CCc1ccc(C(=O)C(C)OC(=O)CCNS(=O)(=O)c2ccc(Cl)cc2)cc1. The molecule has 0 aromatic heterocycles. The highest BCUT2D eigenvalue weighted by molar-refractivity contribution is 7.89. The summed E-state index contributed by atoms with van der Waals surface area (Å²) in [6.07, 6.45) is -0.280. The highest BCUT2D eigenvalue weighted by Gasteiger charge is 2.20. The molecule has 0 radical (unpaired) electrons. The summed E-state index contributed by atoms with van der Waals surface area (Å²) in [5.74, 6) is -0.970. The Balaban J connectivity index is 1.84. The zero-order chi connectivity index (χ0) is 20.7. The quantitative estimate of drug-likeness (QED) is 0.493. The van der Waals surface area contributed by atoms with Crippen LogP contribution in [0.25, 0.3) is 0 Å². The van der Waals surface area contributed by atoms with Crippen molar-refractivity contribution in [1.29, 1.82) is 0 Å². The number of nitrogens with one attached hydrogen (secondary N) is 1. The Hall–Kier alpha value is -2.22. The van der Waals surface area contributed by atoms with Crippen LogP contribution in [0.15, 0.2) is 53.4 Å². The van der Waals surface area contributed by atoms with E-state index in [1.54, 1.807) is 12.1 Å². The van der Waals surface area contributed by atoms with Gasteiger partial charge in [0.05, 0.1) is 11.3 Å². The van der Waals surface area contributed by atoms with Gasteiger partial charge in [0.15, 0.2) is 6.10 Å². The van der Waals surface area contributed by atoms with Gasteiger partial charge in [0, 0.05) is 17.1 Å². The normalized spacial score (nSPS) is 12.4. The molecular weight excluding hydrogens is 402 g/mol. The molecule has 0 aliphatic heterocycles. The van der Waals surface area contributed by atoms with Gasteiger partial charge in [-0.3, -0.25) is 9.59 Å². The minimum Gasteiger partial charge on any atom is -0.454 e. The van der Waals surface area contributed by atoms with Crippen molar-refractivity contribution in [1.82, 2.24) is 4.72 Å². The number of ketones is 1. The van der Waals surface area contributed by atoms with Crippen LogP contribution in [0, 0.1) is 0 Å². The maximum absolute atomic E-state index is 12.3. The van der Waals surface area contributed by atoms with E-state index in [0.29, 0.717) is 10.6 Å². The molecule has 0 amide bonds. The maximum atomic E-state index is 12.3. The number of carbonyl (C=O) groups excluding carboxylic acids is 2. The Morgan fingerprint density at radius 1 is 1.07 bits per heavy atom. The van der Waals surface area contributed by atoms with Crippen LogP contribution in [0.2, 0.25) is 5.02 Å². The Morgan fingerprint density at radius 3 is 2.25 bits per heavy atom. The van der Waals surface area contributed by atoms with Crippen molar-refractivity contribution in [2.24, 2.45) is 0 Å². The van der Waals surface area contributed by atoms with Crippen molar-refractivity contribution < 1.29 is 22.7 Å². The number of esters is 1. The summed E-state index contributed by atoms with van der Waals surface area (Å²) in [7, 11) is -3.75. The number of hydrogen-bond donors (Lipinski definition) is 1. The largest absolute Gasteiger partial charge is 0.454 e. The van der Waals surface area contributed by atoms with Gasteiger partial charge in [-0.25, -0.2) is 13.1 Å². The molecule has 0 fully saturated rings. The molecular formula is C20H22ClNO5S. The molecule has 0 saturated carbocycles. The first-order chi connectivity index (χ1) is 13.2. The number of benzene rings is 2. The Labute approximate surface area is 169 Å². The first-order valence-corrected chi connectivity index (χ1v) is 10.7. The molecule has 2 rings (SSSR count). The number of halogens is 1. The Kier molecular flexibility index (Phi) is 7.74. The third-order valence-electron chi connectivity index (χ3n) is 4.07. The summed E-state index contributed by atoms with van der Waals surface area (Å²) in [5, 5.41) is 0.422. The standard InChI is InChI=1S/C20H22ClNO5S/c1-3-15-4-6-16(7-5-15)20(24)14(2)27-19(23)12-13-22-28(25,26)18-10-8-17(21)9-11-18/h4-11,14,22H,3,12-13H2,1-2H3. The van der Waals surface area contributed by atoms with Gasteiger partial charge in [0.2, 0.25) is 15.8 Å². The van der Waals surface area contributed by atoms with Gasteiger partial charge in [-0.05, 0) is 43.2 Å². The molecule has 8 heteroatoms. The van der Waals surface area contributed by atoms with Crippen molar-refractivity contribution in [2.75, 3.05) is 6.54 Å². The van der Waals surface area contributed by atoms with Gasteiger partial charge < -0.3 is 4.74 Å². The van der Waals surface area contributed by atoms with Crippen molar-refractivity contribution in [3.63, 3.8) is 0 Å². The van der Waals surface area contributed by atoms with E-state index < -0.39 is 22.1 Å². The molecule has 0 aliphatic rings. The lowest BCUT2D eigenvalue weighted by atomic mass is 10.0. The predicted molar refractivity (Wildman–Crippen MR) is 107 cm³/mol. The van der Waals surface area contributed by atoms with Gasteiger partial charge in [-0.1, -0.05) is 42.8 Å². The molecule has 0 aliphatic carbocycles. The highest BCUT2D eigenvalue weighted by atomic mass is 35.5. The van der Waals surface area contributed by atoms with Crippen molar-refractivity contribution in [3.05, 3.63) is 64.7 Å². The average Bonchev–Trinajstić information content (AvgIpc) is 2.67. The third-order valence-corrected chi connectivity index (χ3v) is 5.80. The second-order valence-electron chi connectivity index (χ2n) is 6.15. The van der Waals surface area contributed by atoms with Crippen molar-refractivity contribution >= 4 is 33.4 Å². The molecule has 0 saturated heterocycles. The number of ether oxygens (including phenoxy) is 1. The van der Waals surface area contributed by atoms with E-state index in [1.807, 2.05) is 19.1 Å². The fourth-order valence-electron chi connectivity index (χ4n) is 2.43. The van der Waals surface area contributed by atoms with E-state index in [2.05, 4.69) is 4.72 Å². The summed E-state index contributed by atoms with van der Waals surface area (Å²) in [4.78, 5) is 24.3. The number of rotatable bonds is 9. The Bertz CT molecular complexity index is 924. The summed E-state index contributed by atoms with van der Waals surface area (Å²) in [5.41, 5.74) is 1.56. The molecule has 0 bridgehead atoms. The maximum Gasteiger partial charge on any atom is 0.307 e. The molecule has 0 spiro atoms. The number of hydrogen-bond acceptors (Lipinski definition) is 5. The zero-order valence-corrected chi connectivity index (χ0v) is 17.2. The lowest BCUT2D eigenvalue weighted by Crippen LogP contribution is -2.29. The van der Waals surface area contributed by atoms with Gasteiger partial charge in [0.25, 0.3) is 0 Å². The monoisotopic (exact) mass is 423 g/mol. The van der Waals surface area contributed by atoms with Crippen LogP contribution in [0.1, 0.15) is 36.2 Å². The fourth-order valence-corrected chi connectivity index (χ4v) is 3.59. The number of Topliss-reactive ketones (excluding diaryl/α,β-unsaturated/α-hetero) is 1. The molecule has 6 nitrogen and oxygen atoms in total. The van der Waals surface area contributed by atoms with Gasteiger partial charge in [-0.15, -0.1) is 0 Å². The van der Waals surface area contributed by atoms with Gasteiger partial charge in [-0.2, -0.15) is 0 Å². The van der Waals surface area contributed by atoms with Crippen LogP contribution in [0.4, 0.5) is 0 Å². The van der Waals surface area contributed by atoms with E-state index in [4.69, 9.17) is 16.3 Å². The van der Waals surface area contributed by atoms with Crippen LogP contribution in [0.3, 0.4) is 0 Å². The topological polar surface area (TPSA) is 89.5 Å². The molecule has 150 valence electrons. The average molecular weight is 424 g/mol. The number of sulfonamides is 1. The van der Waals surface area contributed by atoms with E-state index in [9.17, 15) is 18.0 Å². The molecule has 0 heterocycles. The van der Waals surface area contributed by atoms with Gasteiger partial charge in [0.1, 0.15) is 0 Å². The van der Waals surface area contributed by atoms with Crippen molar-refractivity contribution in [3.8, 4) is 0 Å². The molecule has 1 unspecified atom stereocenters. The van der Waals surface area contributed by atoms with Crippen LogP contribution in [-0.2, 0) is 26.0 Å². The molecule has 2 aromatic rings. The van der Waals surface area contributed by atoms with Crippen LogP contribution >= 0.6 is 11.6 Å². The second kappa shape index (κ2) is 9.82. The molecule has 28 heavy (non-hydrogen) atoms. The van der Waals surface area contributed by atoms with E-state index in [1.165, 1.54) is 31.2 Å². The van der Waals surface area contributed by atoms with Crippen molar-refractivity contribution in [2.45, 2.75) is 37.7 Å². The Morgan fingerprint density at radius 2 is 1.68 bits per heavy atom. The summed E-state index contributed by atoms with van der Waals surface area (Å²) in [6.45, 7) is 3.37. The molecule has 2 aromatic carbocycles. The number of carbonyl (C=O) groups is 2. The highest BCUT2D eigenvalue weighted by Crippen LogP contribution is 2.14. The van der Waals surface area contributed by atoms with Crippen LogP contribution in [0.5, 0.6) is 0 Å². The first kappa shape index (κ1) is 22.1. The fraction of sp³-hybridized carbons (Fsp3) is 0.300. The number of aryl methyl sites for hydroxylation is 1. The summed E-state index contributed by atoms with van der Waals surface area (Å²) < 4.78 is 31.7. The lowest BCUT2D eigenvalue weighted by Gasteiger charge is -2.13. The van der Waals surface area contributed by atoms with Crippen LogP contribution in [-0.4, -0.2) is 32.8 Å². The van der Waals surface area contributed by atoms with E-state index >= 15 is 0 Å². The van der Waals surface area contributed by atoms with Gasteiger partial charge >= 0.3 is 5.97 Å². The second-order valence-corrected chi connectivity index (χ2v) is 8.35. The molecule has 1 atom stereocenters. The summed E-state index contributed by atoms with van der Waals surface area (Å²) in [6, 6.07) is 12.8. The first-order valence-electron chi connectivity index (χ1n) is 8.81. The zero-order valence-electron chi connectivity index (χ0n) is 15.6. The van der Waals surface area contributed by atoms with E-state index in [-0.39, 0.29) is 23.6 Å². The van der Waals surface area contributed by atoms with E-state index in [0.717, 1.165) is 12.0 Å². The summed E-state index contributed by atoms with van der Waals surface area (Å²) >= 11 is 5.74. The molecule has 1 N–H and O–H groups in total. The minimum absolute atomic E-state index is 0.0457. The lowest BCUT2D eigenvalue weighted by molar-refractivity contribution is -0.146. The minimum atomic E-state index is -3.75.